The Morgan fingerprint density at radius 3 is 2.64 bits per heavy atom. The van der Waals surface area contributed by atoms with E-state index in [0.717, 1.165) is 5.56 Å². The molecule has 0 bridgehead atoms. The Hall–Kier alpha value is -2.14. The average molecular weight is 321 g/mol. The fourth-order valence-electron chi connectivity index (χ4n) is 1.59. The van der Waals surface area contributed by atoms with Gasteiger partial charge in [0, 0.05) is 6.07 Å². The van der Waals surface area contributed by atoms with Crippen LogP contribution in [0.1, 0.15) is 23.9 Å². The normalized spacial score (nSPS) is 14.3. The first-order valence-electron chi connectivity index (χ1n) is 6.37. The lowest BCUT2D eigenvalue weighted by Crippen LogP contribution is -2.18. The predicted octanol–water partition coefficient (Wildman–Crippen LogP) is 1.73. The highest BCUT2D eigenvalue weighted by atomic mass is 32.2. The molecule has 116 valence electrons. The lowest BCUT2D eigenvalue weighted by molar-refractivity contribution is 0.112. The van der Waals surface area contributed by atoms with Crippen LogP contribution in [0.3, 0.4) is 0 Å². The SMILES string of the molecule is C#CC(C)(O)c1cc(COS(=O)(=O)c2ccc(C)cc2)on1. The lowest BCUT2D eigenvalue weighted by atomic mass is 10.0. The summed E-state index contributed by atoms with van der Waals surface area (Å²) in [6.07, 6.45) is 5.17. The maximum atomic E-state index is 12.0. The Labute approximate surface area is 128 Å². The molecule has 0 aliphatic heterocycles. The maximum Gasteiger partial charge on any atom is 0.297 e. The minimum Gasteiger partial charge on any atom is -0.372 e. The molecule has 2 aromatic rings. The van der Waals surface area contributed by atoms with Gasteiger partial charge in [-0.3, -0.25) is 4.18 Å². The van der Waals surface area contributed by atoms with E-state index in [2.05, 4.69) is 11.1 Å². The molecule has 0 aliphatic carbocycles. The van der Waals surface area contributed by atoms with Crippen molar-refractivity contribution >= 4 is 10.1 Å². The van der Waals surface area contributed by atoms with Crippen LogP contribution in [-0.4, -0.2) is 18.7 Å². The summed E-state index contributed by atoms with van der Waals surface area (Å²) in [5.74, 6) is 2.29. The molecule has 0 spiro atoms. The molecule has 1 atom stereocenters. The van der Waals surface area contributed by atoms with Gasteiger partial charge in [0.1, 0.15) is 12.3 Å². The third-order valence-corrected chi connectivity index (χ3v) is 4.28. The topological polar surface area (TPSA) is 89.6 Å². The summed E-state index contributed by atoms with van der Waals surface area (Å²) in [6, 6.07) is 7.61. The lowest BCUT2D eigenvalue weighted by Gasteiger charge is -2.10. The minimum absolute atomic E-state index is 0.0495. The Bertz CT molecular complexity index is 797. The van der Waals surface area contributed by atoms with E-state index in [9.17, 15) is 13.5 Å². The van der Waals surface area contributed by atoms with E-state index in [-0.39, 0.29) is 23.0 Å². The number of terminal acetylenes is 1. The van der Waals surface area contributed by atoms with Crippen LogP contribution in [0.25, 0.3) is 0 Å². The summed E-state index contributed by atoms with van der Waals surface area (Å²) in [5, 5.41) is 13.4. The number of benzene rings is 1. The van der Waals surface area contributed by atoms with Crippen molar-refractivity contribution in [2.75, 3.05) is 0 Å². The smallest absolute Gasteiger partial charge is 0.297 e. The van der Waals surface area contributed by atoms with Gasteiger partial charge < -0.3 is 9.63 Å². The number of aliphatic hydroxyl groups is 1. The maximum absolute atomic E-state index is 12.0. The molecule has 22 heavy (non-hydrogen) atoms. The molecule has 0 saturated heterocycles. The van der Waals surface area contributed by atoms with Crippen LogP contribution in [0.15, 0.2) is 39.8 Å². The largest absolute Gasteiger partial charge is 0.372 e. The van der Waals surface area contributed by atoms with Crippen molar-refractivity contribution in [3.8, 4) is 12.3 Å². The molecule has 0 aliphatic rings. The summed E-state index contributed by atoms with van der Waals surface area (Å²) in [6.45, 7) is 2.88. The van der Waals surface area contributed by atoms with E-state index in [0.29, 0.717) is 0 Å². The van der Waals surface area contributed by atoms with Crippen LogP contribution in [-0.2, 0) is 26.5 Å². The highest BCUT2D eigenvalue weighted by Gasteiger charge is 2.25. The van der Waals surface area contributed by atoms with Crippen LogP contribution < -0.4 is 0 Å². The predicted molar refractivity (Wildman–Crippen MR) is 78.1 cm³/mol. The molecule has 7 heteroatoms. The van der Waals surface area contributed by atoms with Gasteiger partial charge in [-0.15, -0.1) is 6.42 Å². The first kappa shape index (κ1) is 16.2. The molecule has 0 fully saturated rings. The Morgan fingerprint density at radius 2 is 2.05 bits per heavy atom. The van der Waals surface area contributed by atoms with Crippen molar-refractivity contribution < 1.29 is 22.2 Å². The number of aryl methyl sites for hydroxylation is 1. The number of rotatable bonds is 5. The number of hydrogen-bond acceptors (Lipinski definition) is 6. The van der Waals surface area contributed by atoms with Crippen molar-refractivity contribution in [3.63, 3.8) is 0 Å². The third-order valence-electron chi connectivity index (χ3n) is 3.00. The zero-order chi connectivity index (χ0) is 16.4. The summed E-state index contributed by atoms with van der Waals surface area (Å²) in [4.78, 5) is 0.0495. The molecule has 1 unspecified atom stereocenters. The average Bonchev–Trinajstić information content (AvgIpc) is 2.95. The number of aromatic nitrogens is 1. The zero-order valence-electron chi connectivity index (χ0n) is 12.1. The minimum atomic E-state index is -3.90. The van der Waals surface area contributed by atoms with Crippen molar-refractivity contribution in [1.29, 1.82) is 0 Å². The second-order valence-electron chi connectivity index (χ2n) is 4.92. The van der Waals surface area contributed by atoms with Gasteiger partial charge >= 0.3 is 0 Å². The molecule has 1 N–H and O–H groups in total. The van der Waals surface area contributed by atoms with E-state index in [1.807, 2.05) is 6.92 Å². The second-order valence-corrected chi connectivity index (χ2v) is 6.54. The Morgan fingerprint density at radius 1 is 1.41 bits per heavy atom. The zero-order valence-corrected chi connectivity index (χ0v) is 12.9. The number of nitrogens with zero attached hydrogens (tertiary/aromatic N) is 1. The third kappa shape index (κ3) is 3.54. The van der Waals surface area contributed by atoms with Crippen molar-refractivity contribution in [1.82, 2.24) is 5.16 Å². The van der Waals surface area contributed by atoms with Gasteiger partial charge in [-0.05, 0) is 26.0 Å². The first-order chi connectivity index (χ1) is 10.2. The van der Waals surface area contributed by atoms with Gasteiger partial charge in [-0.1, -0.05) is 28.8 Å². The van der Waals surface area contributed by atoms with Crippen molar-refractivity contribution in [3.05, 3.63) is 47.3 Å². The molecule has 2 rings (SSSR count). The molecule has 1 aromatic carbocycles. The highest BCUT2D eigenvalue weighted by Crippen LogP contribution is 2.21. The Kier molecular flexibility index (Phi) is 4.37. The van der Waals surface area contributed by atoms with Crippen LogP contribution >= 0.6 is 0 Å². The van der Waals surface area contributed by atoms with Gasteiger partial charge in [0.25, 0.3) is 10.1 Å². The van der Waals surface area contributed by atoms with Gasteiger partial charge in [0.15, 0.2) is 11.4 Å². The van der Waals surface area contributed by atoms with E-state index in [1.165, 1.54) is 25.1 Å². The van der Waals surface area contributed by atoms with E-state index < -0.39 is 15.7 Å². The summed E-state index contributed by atoms with van der Waals surface area (Å²) in [7, 11) is -3.90. The number of hydrogen-bond donors (Lipinski definition) is 1. The van der Waals surface area contributed by atoms with Gasteiger partial charge in [0.05, 0.1) is 4.90 Å². The second kappa shape index (κ2) is 5.93. The van der Waals surface area contributed by atoms with Gasteiger partial charge in [-0.2, -0.15) is 8.42 Å². The monoisotopic (exact) mass is 321 g/mol. The fraction of sp³-hybridized carbons (Fsp3) is 0.267. The van der Waals surface area contributed by atoms with Crippen LogP contribution in [0.2, 0.25) is 0 Å². The first-order valence-corrected chi connectivity index (χ1v) is 7.78. The van der Waals surface area contributed by atoms with Crippen LogP contribution in [0.5, 0.6) is 0 Å². The van der Waals surface area contributed by atoms with E-state index >= 15 is 0 Å². The molecule has 6 nitrogen and oxygen atoms in total. The molecular weight excluding hydrogens is 306 g/mol. The molecule has 0 amide bonds. The van der Waals surface area contributed by atoms with Crippen LogP contribution in [0.4, 0.5) is 0 Å². The quantitative estimate of drug-likeness (QED) is 0.666. The van der Waals surface area contributed by atoms with Gasteiger partial charge in [0.2, 0.25) is 0 Å². The standard InChI is InChI=1S/C15H15NO5S/c1-4-15(3,17)14-9-12(21-16-14)10-20-22(18,19)13-7-5-11(2)6-8-13/h1,5-9,17H,10H2,2-3H3. The van der Waals surface area contributed by atoms with Crippen LogP contribution in [0, 0.1) is 19.3 Å². The van der Waals surface area contributed by atoms with Crippen molar-refractivity contribution in [2.45, 2.75) is 31.0 Å². The summed E-state index contributed by atoms with van der Waals surface area (Å²) < 4.78 is 33.8. The van der Waals surface area contributed by atoms with E-state index in [1.54, 1.807) is 12.1 Å². The summed E-state index contributed by atoms with van der Waals surface area (Å²) >= 11 is 0. The molecular formula is C15H15NO5S. The van der Waals surface area contributed by atoms with Gasteiger partial charge in [-0.25, -0.2) is 0 Å². The highest BCUT2D eigenvalue weighted by molar-refractivity contribution is 7.86. The molecule has 1 heterocycles. The molecule has 1 aromatic heterocycles. The fourth-order valence-corrected chi connectivity index (χ4v) is 2.47. The molecule has 0 saturated carbocycles. The van der Waals surface area contributed by atoms with Crippen molar-refractivity contribution in [2.24, 2.45) is 0 Å². The molecule has 0 radical (unpaired) electrons. The Balaban J connectivity index is 2.10. The summed E-state index contributed by atoms with van der Waals surface area (Å²) in [5.41, 5.74) is -0.533. The van der Waals surface area contributed by atoms with E-state index in [4.69, 9.17) is 15.1 Å².